The van der Waals surface area contributed by atoms with E-state index in [4.69, 9.17) is 5.11 Å². The van der Waals surface area contributed by atoms with Gasteiger partial charge in [-0.05, 0) is 45.1 Å². The van der Waals surface area contributed by atoms with E-state index in [1.165, 1.54) is 19.4 Å². The average Bonchev–Trinajstić information content (AvgIpc) is 2.97. The fourth-order valence-corrected chi connectivity index (χ4v) is 3.45. The van der Waals surface area contributed by atoms with Crippen molar-refractivity contribution in [3.05, 3.63) is 0 Å². The smallest absolute Gasteiger partial charge is 0.306 e. The third-order valence-corrected chi connectivity index (χ3v) is 4.91. The van der Waals surface area contributed by atoms with E-state index >= 15 is 0 Å². The summed E-state index contributed by atoms with van der Waals surface area (Å²) in [6.07, 6.45) is 6.38. The molecule has 2 rings (SSSR count). The van der Waals surface area contributed by atoms with Crippen molar-refractivity contribution in [1.82, 2.24) is 10.2 Å². The lowest BCUT2D eigenvalue weighted by Crippen LogP contribution is -2.46. The highest BCUT2D eigenvalue weighted by Gasteiger charge is 2.34. The molecule has 120 valence electrons. The fraction of sp³-hybridized carbons (Fsp3) is 0.875. The highest BCUT2D eigenvalue weighted by molar-refractivity contribution is 5.81. The molecule has 5 heteroatoms. The lowest BCUT2D eigenvalue weighted by atomic mass is 10.0. The van der Waals surface area contributed by atoms with Crippen LogP contribution in [-0.2, 0) is 9.59 Å². The molecule has 1 aliphatic carbocycles. The van der Waals surface area contributed by atoms with E-state index in [0.29, 0.717) is 12.8 Å². The number of hydrogen-bond donors (Lipinski definition) is 2. The molecule has 0 aromatic carbocycles. The summed E-state index contributed by atoms with van der Waals surface area (Å²) in [4.78, 5) is 25.6. The molecule has 2 aliphatic rings. The summed E-state index contributed by atoms with van der Waals surface area (Å²) in [6, 6.07) is 0.277. The lowest BCUT2D eigenvalue weighted by Gasteiger charge is -2.32. The number of nitrogens with zero attached hydrogens (tertiary/aromatic N) is 1. The topological polar surface area (TPSA) is 69.6 Å². The minimum Gasteiger partial charge on any atom is -0.481 e. The number of aliphatic carboxylic acids is 1. The molecule has 0 bridgehead atoms. The van der Waals surface area contributed by atoms with Crippen molar-refractivity contribution < 1.29 is 14.7 Å². The standard InChI is InChI=1S/C16H28N2O3/c1-2-3-8-18-9-6-14(7-10-18)17-15(19)12-4-5-13(11-12)16(20)21/h12-14H,2-11H2,1H3,(H,17,19)(H,20,21). The summed E-state index contributed by atoms with van der Waals surface area (Å²) in [6.45, 7) is 5.50. The first-order valence-electron chi connectivity index (χ1n) is 8.35. The molecule has 0 radical (unpaired) electrons. The molecule has 2 fully saturated rings. The van der Waals surface area contributed by atoms with Crippen molar-refractivity contribution in [1.29, 1.82) is 0 Å². The van der Waals surface area contributed by atoms with Crippen molar-refractivity contribution in [2.24, 2.45) is 11.8 Å². The predicted octanol–water partition coefficient (Wildman–Crippen LogP) is 1.87. The van der Waals surface area contributed by atoms with Gasteiger partial charge in [0.1, 0.15) is 0 Å². The van der Waals surface area contributed by atoms with Crippen molar-refractivity contribution in [3.63, 3.8) is 0 Å². The van der Waals surface area contributed by atoms with Gasteiger partial charge in [0.25, 0.3) is 0 Å². The van der Waals surface area contributed by atoms with Gasteiger partial charge in [-0.25, -0.2) is 0 Å². The maximum Gasteiger partial charge on any atom is 0.306 e. The maximum atomic E-state index is 12.2. The number of hydrogen-bond acceptors (Lipinski definition) is 3. The number of nitrogens with one attached hydrogen (secondary N) is 1. The summed E-state index contributed by atoms with van der Waals surface area (Å²) < 4.78 is 0. The number of carbonyl (C=O) groups excluding carboxylic acids is 1. The quantitative estimate of drug-likeness (QED) is 0.785. The zero-order valence-corrected chi connectivity index (χ0v) is 13.0. The number of carboxylic acid groups (broad SMARTS) is 1. The van der Waals surface area contributed by atoms with Crippen LogP contribution < -0.4 is 5.32 Å². The largest absolute Gasteiger partial charge is 0.481 e. The Morgan fingerprint density at radius 3 is 2.38 bits per heavy atom. The second-order valence-corrected chi connectivity index (χ2v) is 6.52. The molecule has 1 saturated carbocycles. The Morgan fingerprint density at radius 1 is 1.14 bits per heavy atom. The van der Waals surface area contributed by atoms with Crippen LogP contribution in [0.1, 0.15) is 51.9 Å². The van der Waals surface area contributed by atoms with Gasteiger partial charge in [-0.1, -0.05) is 13.3 Å². The number of rotatable bonds is 6. The molecular weight excluding hydrogens is 268 g/mol. The predicted molar refractivity (Wildman–Crippen MR) is 81.0 cm³/mol. The number of piperidine rings is 1. The third-order valence-electron chi connectivity index (χ3n) is 4.91. The summed E-state index contributed by atoms with van der Waals surface area (Å²) in [7, 11) is 0. The molecule has 1 amide bonds. The molecule has 0 aromatic heterocycles. The minimum absolute atomic E-state index is 0.0748. The van der Waals surface area contributed by atoms with Crippen LogP contribution in [0.4, 0.5) is 0 Å². The second kappa shape index (κ2) is 7.78. The van der Waals surface area contributed by atoms with Crippen LogP contribution in [0.2, 0.25) is 0 Å². The first kappa shape index (κ1) is 16.3. The van der Waals surface area contributed by atoms with Crippen LogP contribution in [0.5, 0.6) is 0 Å². The van der Waals surface area contributed by atoms with E-state index in [2.05, 4.69) is 17.1 Å². The first-order valence-corrected chi connectivity index (χ1v) is 8.35. The Balaban J connectivity index is 1.69. The van der Waals surface area contributed by atoms with Gasteiger partial charge < -0.3 is 15.3 Å². The van der Waals surface area contributed by atoms with Crippen LogP contribution in [-0.4, -0.2) is 47.6 Å². The van der Waals surface area contributed by atoms with E-state index in [1.54, 1.807) is 0 Å². The highest BCUT2D eigenvalue weighted by atomic mass is 16.4. The number of amides is 1. The molecule has 2 atom stereocenters. The number of carbonyl (C=O) groups is 2. The number of unbranched alkanes of at least 4 members (excludes halogenated alkanes) is 1. The fourth-order valence-electron chi connectivity index (χ4n) is 3.45. The Bertz CT molecular complexity index is 365. The Kier molecular flexibility index (Phi) is 6.03. The highest BCUT2D eigenvalue weighted by Crippen LogP contribution is 2.31. The van der Waals surface area contributed by atoms with Crippen LogP contribution >= 0.6 is 0 Å². The number of carboxylic acids is 1. The molecule has 21 heavy (non-hydrogen) atoms. The van der Waals surface area contributed by atoms with Gasteiger partial charge in [0.05, 0.1) is 5.92 Å². The molecule has 2 N–H and O–H groups in total. The lowest BCUT2D eigenvalue weighted by molar-refractivity contribution is -0.141. The van der Waals surface area contributed by atoms with Gasteiger partial charge in [0.15, 0.2) is 0 Å². The van der Waals surface area contributed by atoms with E-state index in [9.17, 15) is 9.59 Å². The van der Waals surface area contributed by atoms with E-state index < -0.39 is 5.97 Å². The monoisotopic (exact) mass is 296 g/mol. The van der Waals surface area contributed by atoms with E-state index in [0.717, 1.165) is 32.4 Å². The Hall–Kier alpha value is -1.10. The maximum absolute atomic E-state index is 12.2. The molecule has 2 unspecified atom stereocenters. The molecule has 5 nitrogen and oxygen atoms in total. The minimum atomic E-state index is -0.755. The normalized spacial score (nSPS) is 27.7. The summed E-state index contributed by atoms with van der Waals surface area (Å²) in [5.74, 6) is -1.10. The SMILES string of the molecule is CCCCN1CCC(NC(=O)C2CCC(C(=O)O)C2)CC1. The van der Waals surface area contributed by atoms with Gasteiger partial charge in [0, 0.05) is 25.0 Å². The zero-order chi connectivity index (χ0) is 15.2. The van der Waals surface area contributed by atoms with Gasteiger partial charge in [-0.2, -0.15) is 0 Å². The van der Waals surface area contributed by atoms with E-state index in [1.807, 2.05) is 0 Å². The molecular formula is C16H28N2O3. The molecule has 0 spiro atoms. The average molecular weight is 296 g/mol. The van der Waals surface area contributed by atoms with Gasteiger partial charge >= 0.3 is 5.97 Å². The van der Waals surface area contributed by atoms with Crippen molar-refractivity contribution in [2.45, 2.75) is 57.9 Å². The van der Waals surface area contributed by atoms with E-state index in [-0.39, 0.29) is 23.8 Å². The summed E-state index contributed by atoms with van der Waals surface area (Å²) >= 11 is 0. The van der Waals surface area contributed by atoms with Crippen molar-refractivity contribution >= 4 is 11.9 Å². The summed E-state index contributed by atoms with van der Waals surface area (Å²) in [5, 5.41) is 12.1. The van der Waals surface area contributed by atoms with Crippen LogP contribution in [0, 0.1) is 11.8 Å². The molecule has 1 heterocycles. The van der Waals surface area contributed by atoms with Crippen LogP contribution in [0.3, 0.4) is 0 Å². The molecule has 0 aromatic rings. The molecule has 1 saturated heterocycles. The van der Waals surface area contributed by atoms with Gasteiger partial charge in [-0.3, -0.25) is 9.59 Å². The van der Waals surface area contributed by atoms with Gasteiger partial charge in [-0.15, -0.1) is 0 Å². The van der Waals surface area contributed by atoms with Crippen molar-refractivity contribution in [3.8, 4) is 0 Å². The van der Waals surface area contributed by atoms with Crippen LogP contribution in [0.25, 0.3) is 0 Å². The first-order chi connectivity index (χ1) is 10.1. The van der Waals surface area contributed by atoms with Crippen molar-refractivity contribution in [2.75, 3.05) is 19.6 Å². The van der Waals surface area contributed by atoms with Crippen LogP contribution in [0.15, 0.2) is 0 Å². The zero-order valence-electron chi connectivity index (χ0n) is 13.0. The molecule has 1 aliphatic heterocycles. The summed E-state index contributed by atoms with van der Waals surface area (Å²) in [5.41, 5.74) is 0. The number of likely N-dealkylation sites (tertiary alicyclic amines) is 1. The Labute approximate surface area is 127 Å². The Morgan fingerprint density at radius 2 is 1.81 bits per heavy atom. The van der Waals surface area contributed by atoms with Gasteiger partial charge in [0.2, 0.25) is 5.91 Å². The third kappa shape index (κ3) is 4.70. The second-order valence-electron chi connectivity index (χ2n) is 6.52.